The maximum absolute atomic E-state index is 11.2. The number of fused-ring (bicyclic) bond motifs is 1. The number of nitrogens with zero attached hydrogens (tertiary/aromatic N) is 3. The van der Waals surface area contributed by atoms with E-state index in [0.29, 0.717) is 21.7 Å². The molecule has 9 heteroatoms. The van der Waals surface area contributed by atoms with Crippen LogP contribution in [0, 0.1) is 10.1 Å². The molecule has 0 fully saturated rings. The maximum atomic E-state index is 11.2. The predicted molar refractivity (Wildman–Crippen MR) is 83.8 cm³/mol. The molecular weight excluding hydrogens is 335 g/mol. The van der Waals surface area contributed by atoms with E-state index >= 15 is 0 Å². The van der Waals surface area contributed by atoms with Gasteiger partial charge in [0.15, 0.2) is 0 Å². The summed E-state index contributed by atoms with van der Waals surface area (Å²) >= 11 is 13.1. The van der Waals surface area contributed by atoms with Crippen molar-refractivity contribution in [1.29, 1.82) is 0 Å². The molecule has 0 aliphatic heterocycles. The van der Waals surface area contributed by atoms with E-state index < -0.39 is 4.92 Å². The Balaban J connectivity index is 2.15. The number of nitro groups is 1. The van der Waals surface area contributed by atoms with Crippen molar-refractivity contribution in [3.05, 3.63) is 50.5 Å². The Morgan fingerprint density at radius 1 is 1.14 bits per heavy atom. The first-order chi connectivity index (χ1) is 10.1. The highest BCUT2D eigenvalue weighted by Gasteiger charge is 2.20. The molecule has 3 aromatic rings. The number of nitro benzene ring substituents is 1. The van der Waals surface area contributed by atoms with Crippen molar-refractivity contribution in [3.63, 3.8) is 0 Å². The Kier molecular flexibility index (Phi) is 3.62. The molecule has 1 N–H and O–H groups in total. The number of para-hydroxylation sites is 1. The van der Waals surface area contributed by atoms with Crippen LogP contribution in [0.2, 0.25) is 10.0 Å². The van der Waals surface area contributed by atoms with Gasteiger partial charge in [-0.1, -0.05) is 29.3 Å². The second-order valence-corrected chi connectivity index (χ2v) is 5.42. The third kappa shape index (κ3) is 2.51. The summed E-state index contributed by atoms with van der Waals surface area (Å²) in [5, 5.41) is 14.5. The second-order valence-electron chi connectivity index (χ2n) is 4.07. The highest BCUT2D eigenvalue weighted by Crippen LogP contribution is 2.38. The second kappa shape index (κ2) is 5.44. The zero-order valence-corrected chi connectivity index (χ0v) is 12.5. The SMILES string of the molecule is O=[N+]([O-])c1c(Cl)cccc1Nc1c(Cl)ccc2nsnc12. The van der Waals surface area contributed by atoms with E-state index in [1.807, 2.05) is 0 Å². The van der Waals surface area contributed by atoms with Crippen molar-refractivity contribution >= 4 is 63.0 Å². The van der Waals surface area contributed by atoms with Crippen LogP contribution in [0.15, 0.2) is 30.3 Å². The van der Waals surface area contributed by atoms with Crippen molar-refractivity contribution in [2.75, 3.05) is 5.32 Å². The molecule has 0 saturated carbocycles. The zero-order valence-electron chi connectivity index (χ0n) is 10.2. The largest absolute Gasteiger partial charge is 0.347 e. The van der Waals surface area contributed by atoms with Gasteiger partial charge in [-0.2, -0.15) is 8.75 Å². The van der Waals surface area contributed by atoms with Gasteiger partial charge in [-0.3, -0.25) is 10.1 Å². The summed E-state index contributed by atoms with van der Waals surface area (Å²) in [6, 6.07) is 8.02. The van der Waals surface area contributed by atoms with Gasteiger partial charge in [0.05, 0.1) is 27.4 Å². The summed E-state index contributed by atoms with van der Waals surface area (Å²) < 4.78 is 8.26. The summed E-state index contributed by atoms with van der Waals surface area (Å²) in [7, 11) is 0. The Morgan fingerprint density at radius 3 is 2.71 bits per heavy atom. The molecule has 0 bridgehead atoms. The fourth-order valence-corrected chi connectivity index (χ4v) is 2.87. The van der Waals surface area contributed by atoms with Gasteiger partial charge in [-0.25, -0.2) is 0 Å². The minimum Gasteiger partial charge on any atom is -0.347 e. The molecule has 3 rings (SSSR count). The molecule has 1 heterocycles. The first-order valence-electron chi connectivity index (χ1n) is 5.68. The molecule has 0 spiro atoms. The molecule has 0 radical (unpaired) electrons. The molecule has 1 aromatic heterocycles. The van der Waals surface area contributed by atoms with Crippen LogP contribution >= 0.6 is 34.9 Å². The number of halogens is 2. The van der Waals surface area contributed by atoms with Gasteiger partial charge < -0.3 is 5.32 Å². The van der Waals surface area contributed by atoms with Crippen molar-refractivity contribution in [1.82, 2.24) is 8.75 Å². The molecule has 0 amide bonds. The molecule has 0 aliphatic carbocycles. The minimum absolute atomic E-state index is 0.0460. The van der Waals surface area contributed by atoms with E-state index in [2.05, 4.69) is 14.1 Å². The van der Waals surface area contributed by atoms with E-state index in [4.69, 9.17) is 23.2 Å². The van der Waals surface area contributed by atoms with Crippen LogP contribution in [0.4, 0.5) is 17.1 Å². The van der Waals surface area contributed by atoms with Gasteiger partial charge in [-0.05, 0) is 24.3 Å². The fraction of sp³-hybridized carbons (Fsp3) is 0. The lowest BCUT2D eigenvalue weighted by Crippen LogP contribution is -1.99. The summed E-state index contributed by atoms with van der Waals surface area (Å²) in [6.07, 6.45) is 0. The Morgan fingerprint density at radius 2 is 1.95 bits per heavy atom. The summed E-state index contributed by atoms with van der Waals surface area (Å²) in [5.41, 5.74) is 1.72. The van der Waals surface area contributed by atoms with Gasteiger partial charge in [0, 0.05) is 0 Å². The minimum atomic E-state index is -0.544. The van der Waals surface area contributed by atoms with Crippen molar-refractivity contribution < 1.29 is 4.92 Å². The topological polar surface area (TPSA) is 81.0 Å². The van der Waals surface area contributed by atoms with Crippen molar-refractivity contribution in [2.24, 2.45) is 0 Å². The van der Waals surface area contributed by atoms with E-state index in [-0.39, 0.29) is 16.4 Å². The van der Waals surface area contributed by atoms with Crippen molar-refractivity contribution in [2.45, 2.75) is 0 Å². The molecule has 106 valence electrons. The van der Waals surface area contributed by atoms with Gasteiger partial charge in [0.25, 0.3) is 0 Å². The van der Waals surface area contributed by atoms with Gasteiger partial charge in [-0.15, -0.1) is 0 Å². The lowest BCUT2D eigenvalue weighted by atomic mass is 10.2. The molecular formula is C12H6Cl2N4O2S. The highest BCUT2D eigenvalue weighted by molar-refractivity contribution is 7.00. The predicted octanol–water partition coefficient (Wildman–Crippen LogP) is 4.65. The highest BCUT2D eigenvalue weighted by atomic mass is 35.5. The first-order valence-corrected chi connectivity index (χ1v) is 7.17. The average Bonchev–Trinajstić information content (AvgIpc) is 2.90. The van der Waals surface area contributed by atoms with Crippen LogP contribution in [0.3, 0.4) is 0 Å². The summed E-state index contributed by atoms with van der Waals surface area (Å²) in [6.45, 7) is 0. The Bertz CT molecular complexity index is 852. The molecule has 2 aromatic carbocycles. The number of benzene rings is 2. The van der Waals surface area contributed by atoms with E-state index in [1.165, 1.54) is 6.07 Å². The van der Waals surface area contributed by atoms with Crippen molar-refractivity contribution in [3.8, 4) is 0 Å². The maximum Gasteiger partial charge on any atom is 0.311 e. The smallest absolute Gasteiger partial charge is 0.311 e. The number of aromatic nitrogens is 2. The normalized spacial score (nSPS) is 10.8. The molecule has 0 unspecified atom stereocenters. The first kappa shape index (κ1) is 14.0. The zero-order chi connectivity index (χ0) is 15.0. The van der Waals surface area contributed by atoms with Gasteiger partial charge in [0.2, 0.25) is 0 Å². The van der Waals surface area contributed by atoms with Gasteiger partial charge in [0.1, 0.15) is 21.7 Å². The van der Waals surface area contributed by atoms with Crippen LogP contribution in [-0.2, 0) is 0 Å². The Hall–Kier alpha value is -1.96. The number of hydrogen-bond acceptors (Lipinski definition) is 6. The molecule has 0 atom stereocenters. The van der Waals surface area contributed by atoms with Crippen LogP contribution in [-0.4, -0.2) is 13.7 Å². The van der Waals surface area contributed by atoms with E-state index in [9.17, 15) is 10.1 Å². The number of hydrogen-bond donors (Lipinski definition) is 1. The summed E-state index contributed by atoms with van der Waals surface area (Å²) in [4.78, 5) is 10.6. The number of rotatable bonds is 3. The fourth-order valence-electron chi connectivity index (χ4n) is 1.88. The van der Waals surface area contributed by atoms with Crippen LogP contribution in [0.1, 0.15) is 0 Å². The van der Waals surface area contributed by atoms with Crippen LogP contribution in [0.5, 0.6) is 0 Å². The number of anilines is 2. The van der Waals surface area contributed by atoms with Crippen LogP contribution in [0.25, 0.3) is 11.0 Å². The third-order valence-corrected chi connectivity index (χ3v) is 3.97. The molecule has 6 nitrogen and oxygen atoms in total. The molecule has 0 saturated heterocycles. The lowest BCUT2D eigenvalue weighted by Gasteiger charge is -2.09. The standard InChI is InChI=1S/C12H6Cl2N4O2S/c13-6-4-5-8-11(17-21-16-8)10(6)15-9-3-1-2-7(14)12(9)18(19)20/h1-5,15H. The summed E-state index contributed by atoms with van der Waals surface area (Å²) in [5.74, 6) is 0. The average molecular weight is 341 g/mol. The van der Waals surface area contributed by atoms with Crippen LogP contribution < -0.4 is 5.32 Å². The third-order valence-electron chi connectivity index (χ3n) is 2.81. The molecule has 21 heavy (non-hydrogen) atoms. The quantitative estimate of drug-likeness (QED) is 0.554. The monoisotopic (exact) mass is 340 g/mol. The Labute approximate surface area is 132 Å². The number of nitrogens with one attached hydrogen (secondary N) is 1. The van der Waals surface area contributed by atoms with E-state index in [1.54, 1.807) is 24.3 Å². The van der Waals surface area contributed by atoms with E-state index in [0.717, 1.165) is 11.7 Å². The molecule has 0 aliphatic rings. The van der Waals surface area contributed by atoms with Gasteiger partial charge >= 0.3 is 5.69 Å². The lowest BCUT2D eigenvalue weighted by molar-refractivity contribution is -0.383.